The molecule has 5 aromatic rings. The number of halogens is 2. The number of hydrogen-bond acceptors (Lipinski definition) is 0. The molecule has 0 atom stereocenters. The third-order valence-electron chi connectivity index (χ3n) is 12.2. The van der Waals surface area contributed by atoms with Gasteiger partial charge in [-0.2, -0.15) is 24.6 Å². The van der Waals surface area contributed by atoms with Crippen LogP contribution in [0.5, 0.6) is 0 Å². The van der Waals surface area contributed by atoms with E-state index in [1.54, 1.807) is 33.0 Å². The molecule has 8 rings (SSSR count). The predicted molar refractivity (Wildman–Crippen MR) is 226 cm³/mol. The van der Waals surface area contributed by atoms with Crippen LogP contribution in [0.4, 0.5) is 0 Å². The Kier molecular flexibility index (Phi) is 13.8. The summed E-state index contributed by atoms with van der Waals surface area (Å²) in [5.74, 6) is 0. The first-order valence-electron chi connectivity index (χ1n) is 19.4. The van der Waals surface area contributed by atoms with Crippen molar-refractivity contribution in [2.75, 3.05) is 0 Å². The minimum absolute atomic E-state index is 0. The second-order valence-corrected chi connectivity index (χ2v) is 25.4. The molecule has 0 unspecified atom stereocenters. The summed E-state index contributed by atoms with van der Waals surface area (Å²) in [6.07, 6.45) is 7.35. The summed E-state index contributed by atoms with van der Waals surface area (Å²) in [6, 6.07) is 40.1. The van der Waals surface area contributed by atoms with E-state index < -0.39 is 8.07 Å². The fourth-order valence-electron chi connectivity index (χ4n) is 8.38. The van der Waals surface area contributed by atoms with Crippen molar-refractivity contribution in [3.63, 3.8) is 0 Å². The van der Waals surface area contributed by atoms with E-state index in [2.05, 4.69) is 191 Å². The van der Waals surface area contributed by atoms with Crippen LogP contribution in [0.25, 0.3) is 11.1 Å². The number of rotatable bonds is 3. The average Bonchev–Trinajstić information content (AvgIpc) is 3.78. The summed E-state index contributed by atoms with van der Waals surface area (Å²) >= 11 is 1.46. The van der Waals surface area contributed by atoms with Gasteiger partial charge in [0.05, 0.1) is 0 Å². The molecule has 0 N–H and O–H groups in total. The van der Waals surface area contributed by atoms with Crippen LogP contribution in [0.2, 0.25) is 19.6 Å². The molecular weight excluding hydrogens is 791 g/mol. The van der Waals surface area contributed by atoms with Crippen LogP contribution in [0, 0.1) is 6.42 Å². The first-order chi connectivity index (χ1) is 24.3. The molecule has 0 heterocycles. The van der Waals surface area contributed by atoms with Gasteiger partial charge in [0.25, 0.3) is 0 Å². The Morgan fingerprint density at radius 1 is 0.593 bits per heavy atom. The van der Waals surface area contributed by atoms with E-state index in [1.807, 2.05) is 0 Å². The Hall–Kier alpha value is -2.22. The van der Waals surface area contributed by atoms with Gasteiger partial charge in [0.15, 0.2) is 0 Å². The third-order valence-corrected chi connectivity index (χ3v) is 15.7. The molecular formula is C50H60Cl2SiZr-2. The summed E-state index contributed by atoms with van der Waals surface area (Å²) < 4.78 is 1.42. The molecule has 3 aliphatic rings. The van der Waals surface area contributed by atoms with Gasteiger partial charge >= 0.3 is 99.2 Å². The molecule has 3 aliphatic carbocycles. The quantitative estimate of drug-likeness (QED) is 0.141. The molecule has 0 saturated carbocycles. The van der Waals surface area contributed by atoms with E-state index in [1.165, 1.54) is 68.1 Å². The van der Waals surface area contributed by atoms with Gasteiger partial charge in [0.2, 0.25) is 0 Å². The van der Waals surface area contributed by atoms with Gasteiger partial charge in [-0.1, -0.05) is 105 Å². The van der Waals surface area contributed by atoms with Crippen molar-refractivity contribution in [3.8, 4) is 11.1 Å². The standard InChI is InChI=1S/C29H37.C13H10.C8H13Si.2ClH.Zr/c1-26(2)9-11-28(5,6)24-16-20-18(14-22(24)26)13-19-15-23-25(17-21(19)20)29(7,8)12-10-27(23,3)4;1-3-7-12(8-4-1)11-13-9-5-2-6-10-13;1-9(2,3)8-6-4-5-7-8;;;/h9,14-17H,10-13H2,1-8H3;1-10H;4-7H,1-3H3;2*1H;/q-1;;-1;;;+2/p-2. The monoisotopic (exact) mass is 848 g/mol. The summed E-state index contributed by atoms with van der Waals surface area (Å²) in [4.78, 5) is 0. The zero-order valence-electron chi connectivity index (χ0n) is 34.6. The van der Waals surface area contributed by atoms with Crippen LogP contribution in [-0.2, 0) is 52.3 Å². The zero-order valence-corrected chi connectivity index (χ0v) is 39.5. The van der Waals surface area contributed by atoms with Gasteiger partial charge in [-0.05, 0) is 74.5 Å². The van der Waals surface area contributed by atoms with Crippen molar-refractivity contribution in [1.29, 1.82) is 0 Å². The van der Waals surface area contributed by atoms with Crippen LogP contribution in [0.3, 0.4) is 0 Å². The number of hydrogen-bond donors (Lipinski definition) is 0. The third kappa shape index (κ3) is 9.31. The van der Waals surface area contributed by atoms with Gasteiger partial charge in [-0.25, -0.2) is 11.3 Å². The Morgan fingerprint density at radius 3 is 1.46 bits per heavy atom. The van der Waals surface area contributed by atoms with Crippen LogP contribution >= 0.6 is 0 Å². The molecule has 0 aliphatic heterocycles. The van der Waals surface area contributed by atoms with Crippen molar-refractivity contribution >= 4 is 16.5 Å². The molecule has 0 radical (unpaired) electrons. The average molecular weight is 851 g/mol. The SMILES string of the molecule is CC1(C)[CH-]CC(C)(C)c2cc3c(cc21)Cc1cc2c(cc1-3)C(C)(C)CCC2(C)C.C[Si](C)(C)c1cc[cH-]c1.[Cl-].[Cl-].[Zr+2]=[C](c1ccccc1)c1ccccc1. The summed E-state index contributed by atoms with van der Waals surface area (Å²) in [6.45, 7) is 26.5. The molecule has 4 heteroatoms. The molecule has 0 bridgehead atoms. The maximum absolute atomic E-state index is 2.58. The van der Waals surface area contributed by atoms with Gasteiger partial charge in [-0.3, -0.25) is 0 Å². The van der Waals surface area contributed by atoms with Gasteiger partial charge in [0, 0.05) is 8.07 Å². The van der Waals surface area contributed by atoms with Crippen molar-refractivity contribution < 1.29 is 49.0 Å². The van der Waals surface area contributed by atoms with Crippen molar-refractivity contribution in [2.45, 2.75) is 122 Å². The van der Waals surface area contributed by atoms with Crippen LogP contribution in [0.15, 0.2) is 109 Å². The molecule has 0 fully saturated rings. The molecule has 0 saturated heterocycles. The molecule has 0 aromatic heterocycles. The molecule has 284 valence electrons. The normalized spacial score (nSPS) is 17.6. The van der Waals surface area contributed by atoms with Crippen LogP contribution in [0.1, 0.15) is 119 Å². The minimum atomic E-state index is -0.981. The van der Waals surface area contributed by atoms with E-state index in [0.717, 1.165) is 12.8 Å². The summed E-state index contributed by atoms with van der Waals surface area (Å²) in [5.41, 5.74) is 16.0. The zero-order chi connectivity index (χ0) is 37.7. The van der Waals surface area contributed by atoms with Gasteiger partial charge < -0.3 is 31.2 Å². The van der Waals surface area contributed by atoms with Crippen LogP contribution in [-0.4, -0.2) is 11.3 Å². The molecule has 5 aromatic carbocycles. The number of benzene rings is 4. The summed E-state index contributed by atoms with van der Waals surface area (Å²) in [5, 5.41) is 1.56. The fraction of sp³-hybridized carbons (Fsp3) is 0.380. The Balaban J connectivity index is 0.000000216. The second kappa shape index (κ2) is 16.7. The Morgan fingerprint density at radius 2 is 1.04 bits per heavy atom. The van der Waals surface area contributed by atoms with E-state index in [4.69, 9.17) is 0 Å². The van der Waals surface area contributed by atoms with Gasteiger partial charge in [-0.15, -0.1) is 5.41 Å². The van der Waals surface area contributed by atoms with E-state index in [-0.39, 0.29) is 46.5 Å². The number of fused-ring (bicyclic) bond motifs is 5. The van der Waals surface area contributed by atoms with Crippen molar-refractivity contribution in [3.05, 3.63) is 160 Å². The van der Waals surface area contributed by atoms with E-state index in [9.17, 15) is 0 Å². The Labute approximate surface area is 356 Å². The topological polar surface area (TPSA) is 0 Å². The maximum atomic E-state index is 2.58. The van der Waals surface area contributed by atoms with E-state index >= 15 is 0 Å². The molecule has 0 amide bonds. The fourth-order valence-corrected chi connectivity index (χ4v) is 10.4. The first kappa shape index (κ1) is 44.5. The second-order valence-electron chi connectivity index (χ2n) is 19.1. The molecule has 54 heavy (non-hydrogen) atoms. The van der Waals surface area contributed by atoms with Crippen molar-refractivity contribution in [1.82, 2.24) is 0 Å². The van der Waals surface area contributed by atoms with E-state index in [0.29, 0.717) is 0 Å². The Bertz CT molecular complexity index is 1920. The molecule has 0 nitrogen and oxygen atoms in total. The predicted octanol–water partition coefficient (Wildman–Crippen LogP) is 6.53. The first-order valence-corrected chi connectivity index (χ1v) is 24.2. The summed E-state index contributed by atoms with van der Waals surface area (Å²) in [7, 11) is -0.981. The van der Waals surface area contributed by atoms with Crippen molar-refractivity contribution in [2.24, 2.45) is 0 Å². The van der Waals surface area contributed by atoms with Crippen LogP contribution < -0.4 is 30.0 Å². The molecule has 0 spiro atoms. The van der Waals surface area contributed by atoms with Gasteiger partial charge in [0.1, 0.15) is 0 Å².